The van der Waals surface area contributed by atoms with Gasteiger partial charge in [0.05, 0.1) is 5.69 Å². The van der Waals surface area contributed by atoms with E-state index in [4.69, 9.17) is 28.2 Å². The highest BCUT2D eigenvalue weighted by molar-refractivity contribution is 6.36. The Kier molecular flexibility index (Phi) is 6.76. The van der Waals surface area contributed by atoms with Crippen LogP contribution in [-0.4, -0.2) is 50.2 Å². The lowest BCUT2D eigenvalue weighted by atomic mass is 10.1. The van der Waals surface area contributed by atoms with E-state index in [1.165, 1.54) is 5.69 Å². The number of halogens is 2. The summed E-state index contributed by atoms with van der Waals surface area (Å²) in [6, 6.07) is 15.6. The molecule has 1 aromatic heterocycles. The molecule has 1 amide bonds. The van der Waals surface area contributed by atoms with Gasteiger partial charge in [0.25, 0.3) is 5.91 Å². The molecular weight excluding hydrogens is 471 g/mol. The van der Waals surface area contributed by atoms with E-state index in [1.54, 1.807) is 0 Å². The Hall–Kier alpha value is -3.00. The molecule has 3 aromatic rings. The minimum atomic E-state index is -0.158. The van der Waals surface area contributed by atoms with Crippen LogP contribution in [0, 0.1) is 0 Å². The van der Waals surface area contributed by atoms with Gasteiger partial charge in [0, 0.05) is 72.8 Å². The molecule has 1 fully saturated rings. The third-order valence-corrected chi connectivity index (χ3v) is 6.76. The van der Waals surface area contributed by atoms with Crippen molar-refractivity contribution in [3.63, 3.8) is 0 Å². The Labute approximate surface area is 208 Å². The lowest BCUT2D eigenvalue weighted by molar-refractivity contribution is 0.0958. The number of rotatable bonds is 5. The highest BCUT2D eigenvalue weighted by Crippen LogP contribution is 2.32. The lowest BCUT2D eigenvalue weighted by Gasteiger charge is -2.29. The zero-order valence-electron chi connectivity index (χ0n) is 18.6. The van der Waals surface area contributed by atoms with Crippen LogP contribution in [0.25, 0.3) is 0 Å². The topological polar surface area (TPSA) is 81.3 Å². The Morgan fingerprint density at radius 1 is 0.941 bits per heavy atom. The molecule has 0 aliphatic carbocycles. The van der Waals surface area contributed by atoms with Gasteiger partial charge in [-0.3, -0.25) is 4.79 Å². The van der Waals surface area contributed by atoms with Gasteiger partial charge < -0.3 is 26.2 Å². The van der Waals surface area contributed by atoms with Gasteiger partial charge in [-0.15, -0.1) is 0 Å². The fraction of sp³-hybridized carbons (Fsp3) is 0.280. The number of hydrogen-bond donors (Lipinski definition) is 4. The molecule has 4 N–H and O–H groups in total. The summed E-state index contributed by atoms with van der Waals surface area (Å²) in [4.78, 5) is 20.0. The van der Waals surface area contributed by atoms with E-state index in [0.717, 1.165) is 43.1 Å². The molecule has 3 heterocycles. The third kappa shape index (κ3) is 4.92. The van der Waals surface area contributed by atoms with Crippen molar-refractivity contribution in [2.24, 2.45) is 0 Å². The Morgan fingerprint density at radius 2 is 1.65 bits per heavy atom. The number of hydrogen-bond acceptors (Lipinski definition) is 6. The number of anilines is 4. The molecule has 5 rings (SSSR count). The maximum Gasteiger partial charge on any atom is 0.257 e. The molecule has 2 aromatic carbocycles. The monoisotopic (exact) mass is 496 g/mol. The summed E-state index contributed by atoms with van der Waals surface area (Å²) in [5.41, 5.74) is 4.83. The van der Waals surface area contributed by atoms with Gasteiger partial charge in [-0.2, -0.15) is 0 Å². The molecule has 0 saturated carbocycles. The average molecular weight is 497 g/mol. The molecule has 34 heavy (non-hydrogen) atoms. The van der Waals surface area contributed by atoms with Gasteiger partial charge in [0.2, 0.25) is 0 Å². The highest BCUT2D eigenvalue weighted by atomic mass is 35.5. The first-order valence-electron chi connectivity index (χ1n) is 11.4. The average Bonchev–Trinajstić information content (AvgIpc) is 3.04. The molecule has 1 saturated heterocycles. The van der Waals surface area contributed by atoms with Crippen LogP contribution >= 0.6 is 23.2 Å². The van der Waals surface area contributed by atoms with Crippen molar-refractivity contribution in [2.75, 3.05) is 54.8 Å². The summed E-state index contributed by atoms with van der Waals surface area (Å²) >= 11 is 12.8. The molecule has 7 nitrogen and oxygen atoms in total. The van der Waals surface area contributed by atoms with Crippen molar-refractivity contribution < 1.29 is 4.79 Å². The summed E-state index contributed by atoms with van der Waals surface area (Å²) in [6.07, 6.45) is 0.450. The number of aromatic nitrogens is 1. The quantitative estimate of drug-likeness (QED) is 0.421. The summed E-state index contributed by atoms with van der Waals surface area (Å²) in [5, 5.41) is 14.2. The van der Waals surface area contributed by atoms with Crippen molar-refractivity contribution in [3.05, 3.63) is 75.4 Å². The second kappa shape index (κ2) is 10.1. The minimum Gasteiger partial charge on any atom is -0.369 e. The van der Waals surface area contributed by atoms with Crippen LogP contribution in [0.5, 0.6) is 0 Å². The van der Waals surface area contributed by atoms with Crippen LogP contribution in [0.15, 0.2) is 48.5 Å². The summed E-state index contributed by atoms with van der Waals surface area (Å²) < 4.78 is 0. The van der Waals surface area contributed by atoms with Crippen molar-refractivity contribution in [2.45, 2.75) is 6.42 Å². The molecule has 9 heteroatoms. The number of piperazine rings is 1. The summed E-state index contributed by atoms with van der Waals surface area (Å²) in [5.74, 6) is 0.394. The number of pyridine rings is 1. The molecule has 176 valence electrons. The lowest BCUT2D eigenvalue weighted by Crippen LogP contribution is -2.43. The predicted molar refractivity (Wildman–Crippen MR) is 139 cm³/mol. The van der Waals surface area contributed by atoms with E-state index in [1.807, 2.05) is 36.4 Å². The first-order valence-corrected chi connectivity index (χ1v) is 12.2. The zero-order chi connectivity index (χ0) is 23.5. The van der Waals surface area contributed by atoms with Crippen LogP contribution < -0.4 is 26.2 Å². The normalized spacial score (nSPS) is 15.7. The molecule has 0 bridgehead atoms. The van der Waals surface area contributed by atoms with Gasteiger partial charge in [-0.05, 0) is 48.0 Å². The number of nitrogens with one attached hydrogen (secondary N) is 4. The van der Waals surface area contributed by atoms with Crippen LogP contribution in [0.4, 0.5) is 22.9 Å². The van der Waals surface area contributed by atoms with Gasteiger partial charge in [0.15, 0.2) is 0 Å². The SMILES string of the molecule is O=C1NCCNc2nc(Cc3c(Cl)cccc3Cl)cc(Nc3ccc(N4CCNCC4)cc3)c21. The molecule has 2 aliphatic rings. The second-order valence-electron chi connectivity index (χ2n) is 8.35. The molecule has 0 radical (unpaired) electrons. The van der Waals surface area contributed by atoms with Gasteiger partial charge in [-0.1, -0.05) is 29.3 Å². The van der Waals surface area contributed by atoms with Crippen LogP contribution in [0.2, 0.25) is 10.0 Å². The number of amides is 1. The van der Waals surface area contributed by atoms with Crippen LogP contribution in [0.1, 0.15) is 21.6 Å². The smallest absolute Gasteiger partial charge is 0.257 e. The Balaban J connectivity index is 1.47. The van der Waals surface area contributed by atoms with Gasteiger partial charge in [-0.25, -0.2) is 4.98 Å². The first kappa shape index (κ1) is 22.8. The Bertz CT molecular complexity index is 1170. The molecular formula is C25H26Cl2N6O. The van der Waals surface area contributed by atoms with Crippen molar-refractivity contribution in [1.29, 1.82) is 0 Å². The number of nitrogens with zero attached hydrogens (tertiary/aromatic N) is 2. The fourth-order valence-corrected chi connectivity index (χ4v) is 4.84. The zero-order valence-corrected chi connectivity index (χ0v) is 20.1. The van der Waals surface area contributed by atoms with Gasteiger partial charge in [0.1, 0.15) is 11.4 Å². The fourth-order valence-electron chi connectivity index (χ4n) is 4.31. The van der Waals surface area contributed by atoms with E-state index in [2.05, 4.69) is 38.3 Å². The van der Waals surface area contributed by atoms with E-state index < -0.39 is 0 Å². The summed E-state index contributed by atoms with van der Waals surface area (Å²) in [7, 11) is 0. The van der Waals surface area contributed by atoms with Gasteiger partial charge >= 0.3 is 0 Å². The standard InChI is InChI=1S/C25H26Cl2N6O/c26-20-2-1-3-21(27)19(20)14-17-15-22(23-24(32-17)29-8-9-30-25(23)34)31-16-4-6-18(7-5-16)33-12-10-28-11-13-33/h1-7,15,28H,8-14H2,(H,30,34)(H2,29,31,32). The molecule has 0 atom stereocenters. The third-order valence-electron chi connectivity index (χ3n) is 6.05. The van der Waals surface area contributed by atoms with Crippen molar-refractivity contribution in [1.82, 2.24) is 15.6 Å². The van der Waals surface area contributed by atoms with E-state index in [0.29, 0.717) is 46.6 Å². The largest absolute Gasteiger partial charge is 0.369 e. The van der Waals surface area contributed by atoms with Crippen LogP contribution in [-0.2, 0) is 6.42 Å². The number of fused-ring (bicyclic) bond motifs is 1. The molecule has 0 spiro atoms. The molecule has 0 unspecified atom stereocenters. The second-order valence-corrected chi connectivity index (χ2v) is 9.17. The first-order chi connectivity index (χ1) is 16.6. The molecule has 2 aliphatic heterocycles. The number of benzene rings is 2. The van der Waals surface area contributed by atoms with Crippen molar-refractivity contribution in [3.8, 4) is 0 Å². The highest BCUT2D eigenvalue weighted by Gasteiger charge is 2.23. The van der Waals surface area contributed by atoms with Crippen molar-refractivity contribution >= 4 is 52.0 Å². The Morgan fingerprint density at radius 3 is 2.38 bits per heavy atom. The minimum absolute atomic E-state index is 0.158. The van der Waals surface area contributed by atoms with E-state index in [-0.39, 0.29) is 5.91 Å². The van der Waals surface area contributed by atoms with E-state index in [9.17, 15) is 4.79 Å². The number of carbonyl (C=O) groups is 1. The van der Waals surface area contributed by atoms with Crippen LogP contribution in [0.3, 0.4) is 0 Å². The van der Waals surface area contributed by atoms with E-state index >= 15 is 0 Å². The maximum atomic E-state index is 12.9. The predicted octanol–water partition coefficient (Wildman–Crippen LogP) is 4.29. The number of carbonyl (C=O) groups excluding carboxylic acids is 1. The summed E-state index contributed by atoms with van der Waals surface area (Å²) in [6.45, 7) is 5.09. The maximum absolute atomic E-state index is 12.9.